The van der Waals surface area contributed by atoms with Crippen molar-refractivity contribution in [1.29, 1.82) is 0 Å². The van der Waals surface area contributed by atoms with E-state index >= 15 is 0 Å². The molecule has 3 aliphatic rings. The highest BCUT2D eigenvalue weighted by atomic mass is 14.5. The van der Waals surface area contributed by atoms with E-state index in [1.807, 2.05) is 0 Å². The highest BCUT2D eigenvalue weighted by Crippen LogP contribution is 2.51. The lowest BCUT2D eigenvalue weighted by atomic mass is 9.57. The van der Waals surface area contributed by atoms with Gasteiger partial charge in [-0.3, -0.25) is 0 Å². The molecule has 0 unspecified atom stereocenters. The largest absolute Gasteiger partial charge is 0.0622 e. The molecule has 3 fully saturated rings. The van der Waals surface area contributed by atoms with Gasteiger partial charge in [0.25, 0.3) is 0 Å². The van der Waals surface area contributed by atoms with Gasteiger partial charge in [0, 0.05) is 0 Å². The maximum Gasteiger partial charge on any atom is -0.0381 e. The predicted octanol–water partition coefficient (Wildman–Crippen LogP) is 2.69. The summed E-state index contributed by atoms with van der Waals surface area (Å²) in [6.45, 7) is 4.85. The van der Waals surface area contributed by atoms with Gasteiger partial charge in [-0.15, -0.1) is 0 Å². The Kier molecular flexibility index (Phi) is 1.12. The zero-order chi connectivity index (χ0) is 6.43. The fourth-order valence-electron chi connectivity index (χ4n) is 2.61. The summed E-state index contributed by atoms with van der Waals surface area (Å²) in [5, 5.41) is 0. The average molecular weight is 124 g/mol. The van der Waals surface area contributed by atoms with Crippen molar-refractivity contribution >= 4 is 0 Å². The third-order valence-corrected chi connectivity index (χ3v) is 3.62. The molecule has 3 saturated carbocycles. The van der Waals surface area contributed by atoms with Crippen molar-refractivity contribution < 1.29 is 0 Å². The zero-order valence-electron chi connectivity index (χ0n) is 6.43. The van der Waals surface area contributed by atoms with E-state index in [0.717, 1.165) is 23.7 Å². The molecule has 0 radical (unpaired) electrons. The molecule has 0 aliphatic heterocycles. The molecule has 3 aliphatic carbocycles. The molecule has 2 bridgehead atoms. The van der Waals surface area contributed by atoms with E-state index in [-0.39, 0.29) is 0 Å². The number of hydrogen-bond acceptors (Lipinski definition) is 0. The first-order valence-corrected chi connectivity index (χ1v) is 4.27. The van der Waals surface area contributed by atoms with Crippen molar-refractivity contribution in [1.82, 2.24) is 0 Å². The lowest BCUT2D eigenvalue weighted by Crippen LogP contribution is -2.39. The highest BCUT2D eigenvalue weighted by Gasteiger charge is 2.41. The Balaban J connectivity index is 2.04. The van der Waals surface area contributed by atoms with Crippen LogP contribution in [0.1, 0.15) is 33.1 Å². The second kappa shape index (κ2) is 1.74. The van der Waals surface area contributed by atoms with Crippen molar-refractivity contribution in [2.75, 3.05) is 0 Å². The molecule has 0 nitrogen and oxygen atoms in total. The van der Waals surface area contributed by atoms with Crippen LogP contribution in [0.25, 0.3) is 0 Å². The van der Waals surface area contributed by atoms with Crippen LogP contribution in [0.5, 0.6) is 0 Å². The van der Waals surface area contributed by atoms with E-state index in [0.29, 0.717) is 0 Å². The van der Waals surface area contributed by atoms with E-state index in [4.69, 9.17) is 0 Å². The first-order chi connectivity index (χ1) is 4.27. The van der Waals surface area contributed by atoms with Crippen molar-refractivity contribution in [2.45, 2.75) is 33.1 Å². The van der Waals surface area contributed by atoms with Gasteiger partial charge in [0.1, 0.15) is 0 Å². The Hall–Kier alpha value is 0. The number of rotatable bonds is 0. The molecule has 0 aromatic rings. The monoisotopic (exact) mass is 124 g/mol. The summed E-state index contributed by atoms with van der Waals surface area (Å²) in [7, 11) is 0. The van der Waals surface area contributed by atoms with Crippen molar-refractivity contribution in [2.24, 2.45) is 23.7 Å². The molecule has 0 aromatic carbocycles. The minimum atomic E-state index is 1.03. The summed E-state index contributed by atoms with van der Waals surface area (Å²) in [4.78, 5) is 0. The summed E-state index contributed by atoms with van der Waals surface area (Å²) in [6.07, 6.45) is 4.65. The van der Waals surface area contributed by atoms with Crippen LogP contribution in [0.15, 0.2) is 0 Å². The van der Waals surface area contributed by atoms with Gasteiger partial charge in [0.15, 0.2) is 0 Å². The van der Waals surface area contributed by atoms with Crippen LogP contribution in [0.2, 0.25) is 0 Å². The second-order valence-corrected chi connectivity index (χ2v) is 4.17. The first-order valence-electron chi connectivity index (χ1n) is 4.27. The van der Waals surface area contributed by atoms with E-state index in [2.05, 4.69) is 13.8 Å². The molecule has 0 N–H and O–H groups in total. The van der Waals surface area contributed by atoms with Gasteiger partial charge < -0.3 is 0 Å². The third-order valence-electron chi connectivity index (χ3n) is 3.62. The second-order valence-electron chi connectivity index (χ2n) is 4.17. The molecular weight excluding hydrogens is 108 g/mol. The van der Waals surface area contributed by atoms with Gasteiger partial charge in [-0.2, -0.15) is 0 Å². The molecule has 0 aromatic heterocycles. The molecule has 0 spiro atoms. The summed E-state index contributed by atoms with van der Waals surface area (Å²) < 4.78 is 0. The van der Waals surface area contributed by atoms with Crippen LogP contribution in [0.4, 0.5) is 0 Å². The lowest BCUT2D eigenvalue weighted by molar-refractivity contribution is 0.0154. The molecule has 52 valence electrons. The maximum absolute atomic E-state index is 2.44. The minimum absolute atomic E-state index is 1.03. The minimum Gasteiger partial charge on any atom is -0.0622 e. The quantitative estimate of drug-likeness (QED) is 0.465. The van der Waals surface area contributed by atoms with Crippen molar-refractivity contribution in [3.63, 3.8) is 0 Å². The van der Waals surface area contributed by atoms with Gasteiger partial charge in [-0.05, 0) is 42.9 Å². The Morgan fingerprint density at radius 2 is 1.67 bits per heavy atom. The molecule has 3 rings (SSSR count). The summed E-state index contributed by atoms with van der Waals surface area (Å²) >= 11 is 0. The average Bonchev–Trinajstić information content (AvgIpc) is 1.72. The van der Waals surface area contributed by atoms with Crippen molar-refractivity contribution in [3.05, 3.63) is 0 Å². The van der Waals surface area contributed by atoms with Gasteiger partial charge in [0.2, 0.25) is 0 Å². The van der Waals surface area contributed by atoms with Gasteiger partial charge in [0.05, 0.1) is 0 Å². The molecular formula is C9H16. The molecule has 0 heterocycles. The highest BCUT2D eigenvalue weighted by molar-refractivity contribution is 4.91. The normalized spacial score (nSPS) is 56.7. The smallest absolute Gasteiger partial charge is 0.0381 e. The summed E-state index contributed by atoms with van der Waals surface area (Å²) in [6, 6.07) is 0. The topological polar surface area (TPSA) is 0 Å². The van der Waals surface area contributed by atoms with Crippen LogP contribution in [0, 0.1) is 23.7 Å². The van der Waals surface area contributed by atoms with E-state index in [1.165, 1.54) is 6.42 Å². The zero-order valence-corrected chi connectivity index (χ0v) is 6.43. The predicted molar refractivity (Wildman–Crippen MR) is 39.2 cm³/mol. The number of fused-ring (bicyclic) bond motifs is 2. The van der Waals surface area contributed by atoms with Crippen molar-refractivity contribution in [3.8, 4) is 0 Å². The molecule has 2 atom stereocenters. The fourth-order valence-corrected chi connectivity index (χ4v) is 2.61. The summed E-state index contributed by atoms with van der Waals surface area (Å²) in [5.41, 5.74) is 0. The van der Waals surface area contributed by atoms with Crippen LogP contribution >= 0.6 is 0 Å². The van der Waals surface area contributed by atoms with Gasteiger partial charge in [-0.1, -0.05) is 13.8 Å². The molecule has 0 heteroatoms. The van der Waals surface area contributed by atoms with E-state index in [9.17, 15) is 0 Å². The molecule has 0 amide bonds. The lowest BCUT2D eigenvalue weighted by Gasteiger charge is -2.49. The van der Waals surface area contributed by atoms with Gasteiger partial charge >= 0.3 is 0 Å². The molecule has 0 saturated heterocycles. The Morgan fingerprint density at radius 3 is 2.00 bits per heavy atom. The molecule has 9 heavy (non-hydrogen) atoms. The third kappa shape index (κ3) is 0.720. The summed E-state index contributed by atoms with van der Waals surface area (Å²) in [5.74, 6) is 4.33. The standard InChI is InChI=1S/C9H16/c1-6-3-8-4-9(5-8)7(6)2/h6-9H,3-5H2,1-2H3/t6-,7-,8?,9?/m0/s1. The van der Waals surface area contributed by atoms with Crippen LogP contribution in [-0.2, 0) is 0 Å². The van der Waals surface area contributed by atoms with Crippen LogP contribution < -0.4 is 0 Å². The number of hydrogen-bond donors (Lipinski definition) is 0. The van der Waals surface area contributed by atoms with E-state index in [1.54, 1.807) is 12.8 Å². The fraction of sp³-hybridized carbons (Fsp3) is 1.00. The van der Waals surface area contributed by atoms with Gasteiger partial charge in [-0.25, -0.2) is 0 Å². The first kappa shape index (κ1) is 5.76. The van der Waals surface area contributed by atoms with Crippen LogP contribution in [0.3, 0.4) is 0 Å². The Labute approximate surface area is 57.6 Å². The Morgan fingerprint density at radius 1 is 1.00 bits per heavy atom. The van der Waals surface area contributed by atoms with E-state index < -0.39 is 0 Å². The Bertz CT molecular complexity index is 109. The van der Waals surface area contributed by atoms with Crippen LogP contribution in [-0.4, -0.2) is 0 Å². The SMILES string of the molecule is C[C@@H]1C2CC(C2)C[C@@H]1C. The maximum atomic E-state index is 2.44.